The molecule has 0 aliphatic carbocycles. The molecule has 18 heavy (non-hydrogen) atoms. The molecule has 0 saturated carbocycles. The number of nitrogens with zero attached hydrogens (tertiary/aromatic N) is 2. The smallest absolute Gasteiger partial charge is 0.254 e. The highest BCUT2D eigenvalue weighted by Crippen LogP contribution is 2.21. The van der Waals surface area contributed by atoms with E-state index in [1.54, 1.807) is 30.2 Å². The fourth-order valence-electron chi connectivity index (χ4n) is 2.30. The zero-order valence-corrected chi connectivity index (χ0v) is 10.6. The van der Waals surface area contributed by atoms with E-state index in [4.69, 9.17) is 5.73 Å². The number of piperidine rings is 1. The summed E-state index contributed by atoms with van der Waals surface area (Å²) in [7, 11) is 0. The van der Waals surface area contributed by atoms with Crippen LogP contribution in [0.4, 0.5) is 0 Å². The molecular formula is C13H19N3O2. The van der Waals surface area contributed by atoms with Crippen molar-refractivity contribution < 1.29 is 9.90 Å². The first-order valence-corrected chi connectivity index (χ1v) is 6.18. The molecule has 2 rings (SSSR count). The molecule has 1 aliphatic rings. The summed E-state index contributed by atoms with van der Waals surface area (Å²) in [4.78, 5) is 18.1. The highest BCUT2D eigenvalue weighted by atomic mass is 16.3. The third kappa shape index (κ3) is 2.86. The maximum atomic E-state index is 12.3. The van der Waals surface area contributed by atoms with Gasteiger partial charge in [-0.2, -0.15) is 0 Å². The van der Waals surface area contributed by atoms with Crippen molar-refractivity contribution in [3.8, 4) is 0 Å². The van der Waals surface area contributed by atoms with Crippen molar-refractivity contribution in [2.75, 3.05) is 13.1 Å². The standard InChI is InChI=1S/C13H19N3O2/c1-13(18)4-2-6-16(9-13)12(17)10-3-5-15-11(7-10)8-14/h3,5,7,18H,2,4,6,8-9,14H2,1H3. The average Bonchev–Trinajstić information content (AvgIpc) is 2.37. The number of carbonyl (C=O) groups excluding carboxylic acids is 1. The Kier molecular flexibility index (Phi) is 3.63. The Morgan fingerprint density at radius 1 is 1.67 bits per heavy atom. The normalized spacial score (nSPS) is 24.1. The van der Waals surface area contributed by atoms with Gasteiger partial charge in [-0.1, -0.05) is 0 Å². The Bertz CT molecular complexity index is 446. The summed E-state index contributed by atoms with van der Waals surface area (Å²) in [6.45, 7) is 3.16. The molecule has 0 aromatic carbocycles. The predicted molar refractivity (Wildman–Crippen MR) is 67.9 cm³/mol. The molecule has 1 aliphatic heterocycles. The SMILES string of the molecule is CC1(O)CCCN(C(=O)c2ccnc(CN)c2)C1. The molecule has 1 aromatic rings. The van der Waals surface area contributed by atoms with E-state index in [-0.39, 0.29) is 5.91 Å². The van der Waals surface area contributed by atoms with Crippen LogP contribution in [0.25, 0.3) is 0 Å². The Balaban J connectivity index is 2.15. The van der Waals surface area contributed by atoms with Crippen LogP contribution >= 0.6 is 0 Å². The van der Waals surface area contributed by atoms with E-state index in [0.717, 1.165) is 12.8 Å². The number of nitrogens with two attached hydrogens (primary N) is 1. The molecule has 0 radical (unpaired) electrons. The lowest BCUT2D eigenvalue weighted by Crippen LogP contribution is -2.48. The van der Waals surface area contributed by atoms with Gasteiger partial charge in [0.25, 0.3) is 5.91 Å². The highest BCUT2D eigenvalue weighted by Gasteiger charge is 2.31. The maximum absolute atomic E-state index is 12.3. The van der Waals surface area contributed by atoms with Crippen molar-refractivity contribution in [2.24, 2.45) is 5.73 Å². The number of rotatable bonds is 2. The summed E-state index contributed by atoms with van der Waals surface area (Å²) in [6.07, 6.45) is 3.16. The van der Waals surface area contributed by atoms with E-state index < -0.39 is 5.60 Å². The minimum Gasteiger partial charge on any atom is -0.388 e. The van der Waals surface area contributed by atoms with E-state index in [1.807, 2.05) is 0 Å². The van der Waals surface area contributed by atoms with Crippen molar-refractivity contribution in [3.05, 3.63) is 29.6 Å². The molecule has 1 saturated heterocycles. The number of carbonyl (C=O) groups is 1. The van der Waals surface area contributed by atoms with Crippen LogP contribution in [0.3, 0.4) is 0 Å². The second-order valence-electron chi connectivity index (χ2n) is 5.07. The zero-order chi connectivity index (χ0) is 13.2. The van der Waals surface area contributed by atoms with Crippen LogP contribution in [0.1, 0.15) is 35.8 Å². The van der Waals surface area contributed by atoms with Crippen LogP contribution in [-0.2, 0) is 6.54 Å². The Labute approximate surface area is 107 Å². The maximum Gasteiger partial charge on any atom is 0.254 e. The highest BCUT2D eigenvalue weighted by molar-refractivity contribution is 5.94. The van der Waals surface area contributed by atoms with Gasteiger partial charge in [-0.3, -0.25) is 9.78 Å². The summed E-state index contributed by atoms with van der Waals surface area (Å²) >= 11 is 0. The summed E-state index contributed by atoms with van der Waals surface area (Å²) in [5, 5.41) is 10.0. The van der Waals surface area contributed by atoms with Crippen LogP contribution in [0.5, 0.6) is 0 Å². The van der Waals surface area contributed by atoms with Gasteiger partial charge in [0, 0.05) is 31.4 Å². The minimum atomic E-state index is -0.780. The number of amides is 1. The average molecular weight is 249 g/mol. The van der Waals surface area contributed by atoms with Crippen molar-refractivity contribution in [1.29, 1.82) is 0 Å². The van der Waals surface area contributed by atoms with E-state index in [0.29, 0.717) is 30.9 Å². The summed E-state index contributed by atoms with van der Waals surface area (Å²) in [5.41, 5.74) is 6.02. The lowest BCUT2D eigenvalue weighted by molar-refractivity contribution is -0.0107. The van der Waals surface area contributed by atoms with Crippen LogP contribution in [0.2, 0.25) is 0 Å². The minimum absolute atomic E-state index is 0.0629. The second kappa shape index (κ2) is 5.04. The Morgan fingerprint density at radius 2 is 2.44 bits per heavy atom. The number of likely N-dealkylation sites (tertiary alicyclic amines) is 1. The molecule has 3 N–H and O–H groups in total. The third-order valence-corrected chi connectivity index (χ3v) is 3.23. The number of pyridine rings is 1. The fourth-order valence-corrected chi connectivity index (χ4v) is 2.30. The quantitative estimate of drug-likeness (QED) is 0.801. The number of hydrogen-bond acceptors (Lipinski definition) is 4. The van der Waals surface area contributed by atoms with Gasteiger partial charge in [-0.05, 0) is 31.9 Å². The van der Waals surface area contributed by atoms with Crippen molar-refractivity contribution >= 4 is 5.91 Å². The van der Waals surface area contributed by atoms with Gasteiger partial charge in [-0.25, -0.2) is 0 Å². The summed E-state index contributed by atoms with van der Waals surface area (Å²) in [6, 6.07) is 3.40. The van der Waals surface area contributed by atoms with Crippen LogP contribution < -0.4 is 5.73 Å². The van der Waals surface area contributed by atoms with Crippen LogP contribution in [0, 0.1) is 0 Å². The molecule has 2 heterocycles. The molecular weight excluding hydrogens is 230 g/mol. The topological polar surface area (TPSA) is 79.5 Å². The number of β-amino-alcohol motifs (C(OH)–C–C–N with tert-alkyl or cyclic N) is 1. The first-order valence-electron chi connectivity index (χ1n) is 6.18. The van der Waals surface area contributed by atoms with Crippen molar-refractivity contribution in [2.45, 2.75) is 31.9 Å². The van der Waals surface area contributed by atoms with Gasteiger partial charge >= 0.3 is 0 Å². The molecule has 5 nitrogen and oxygen atoms in total. The van der Waals surface area contributed by atoms with Crippen LogP contribution in [-0.4, -0.2) is 39.6 Å². The monoisotopic (exact) mass is 249 g/mol. The fraction of sp³-hybridized carbons (Fsp3) is 0.538. The Morgan fingerprint density at radius 3 is 3.11 bits per heavy atom. The van der Waals surface area contributed by atoms with Gasteiger partial charge in [0.2, 0.25) is 0 Å². The number of aliphatic hydroxyl groups is 1. The van der Waals surface area contributed by atoms with E-state index in [9.17, 15) is 9.90 Å². The van der Waals surface area contributed by atoms with E-state index in [1.165, 1.54) is 0 Å². The first kappa shape index (κ1) is 13.0. The molecule has 1 aromatic heterocycles. The first-order chi connectivity index (χ1) is 8.52. The van der Waals surface area contributed by atoms with Crippen molar-refractivity contribution in [3.63, 3.8) is 0 Å². The molecule has 98 valence electrons. The molecule has 1 amide bonds. The van der Waals surface area contributed by atoms with Gasteiger partial charge in [-0.15, -0.1) is 0 Å². The van der Waals surface area contributed by atoms with E-state index >= 15 is 0 Å². The van der Waals surface area contributed by atoms with Crippen molar-refractivity contribution in [1.82, 2.24) is 9.88 Å². The zero-order valence-electron chi connectivity index (χ0n) is 10.6. The van der Waals surface area contributed by atoms with Gasteiger partial charge in [0.05, 0.1) is 11.3 Å². The number of hydrogen-bond donors (Lipinski definition) is 2. The van der Waals surface area contributed by atoms with Gasteiger partial charge < -0.3 is 15.7 Å². The molecule has 0 spiro atoms. The summed E-state index contributed by atoms with van der Waals surface area (Å²) < 4.78 is 0. The van der Waals surface area contributed by atoms with Crippen LogP contribution in [0.15, 0.2) is 18.3 Å². The molecule has 5 heteroatoms. The lowest BCUT2D eigenvalue weighted by atomic mass is 9.94. The molecule has 1 fully saturated rings. The largest absolute Gasteiger partial charge is 0.388 e. The molecule has 1 unspecified atom stereocenters. The second-order valence-corrected chi connectivity index (χ2v) is 5.07. The third-order valence-electron chi connectivity index (χ3n) is 3.23. The lowest BCUT2D eigenvalue weighted by Gasteiger charge is -2.36. The number of aromatic nitrogens is 1. The molecule has 0 bridgehead atoms. The summed E-state index contributed by atoms with van der Waals surface area (Å²) in [5.74, 6) is -0.0629. The predicted octanol–water partition coefficient (Wildman–Crippen LogP) is 0.527. The van der Waals surface area contributed by atoms with Gasteiger partial charge in [0.1, 0.15) is 0 Å². The van der Waals surface area contributed by atoms with E-state index in [2.05, 4.69) is 4.98 Å². The van der Waals surface area contributed by atoms with Gasteiger partial charge in [0.15, 0.2) is 0 Å². The molecule has 1 atom stereocenters. The Hall–Kier alpha value is -1.46.